The lowest BCUT2D eigenvalue weighted by molar-refractivity contribution is -0.145. The summed E-state index contributed by atoms with van der Waals surface area (Å²) in [7, 11) is 1.54. The third-order valence-electron chi connectivity index (χ3n) is 2.47. The summed E-state index contributed by atoms with van der Waals surface area (Å²) < 4.78 is 45.6. The minimum absolute atomic E-state index is 0.0555. The van der Waals surface area contributed by atoms with Gasteiger partial charge in [-0.15, -0.1) is 0 Å². The van der Waals surface area contributed by atoms with Crippen LogP contribution in [0, 0.1) is 0 Å². The number of carbonyl (C=O) groups excluding carboxylic acids is 1. The number of ether oxygens (including phenoxy) is 2. The largest absolute Gasteiger partial charge is 0.497 e. The molecule has 0 saturated heterocycles. The second-order valence-corrected chi connectivity index (χ2v) is 4.11. The Hall–Kier alpha value is -1.66. The smallest absolute Gasteiger partial charge is 0.478 e. The second kappa shape index (κ2) is 7.06. The lowest BCUT2D eigenvalue weighted by Crippen LogP contribution is -2.15. The molecule has 0 aliphatic rings. The number of carbonyl (C=O) groups is 1. The average Bonchev–Trinajstić information content (AvgIpc) is 2.35. The Bertz CT molecular complexity index is 404. The van der Waals surface area contributed by atoms with Gasteiger partial charge in [0.15, 0.2) is 0 Å². The van der Waals surface area contributed by atoms with Gasteiger partial charge in [0.2, 0.25) is 0 Å². The molecule has 0 atom stereocenters. The Morgan fingerprint density at radius 3 is 2.37 bits per heavy atom. The van der Waals surface area contributed by atoms with Gasteiger partial charge in [0.25, 0.3) is 0 Å². The topological polar surface area (TPSA) is 35.5 Å². The van der Waals surface area contributed by atoms with Gasteiger partial charge in [-0.05, 0) is 17.7 Å². The Morgan fingerprint density at radius 1 is 1.21 bits per heavy atom. The van der Waals surface area contributed by atoms with Crippen LogP contribution in [-0.4, -0.2) is 20.1 Å². The molecular formula is C12H15BF3O3-. The summed E-state index contributed by atoms with van der Waals surface area (Å²) in [5.74, 6) is 0.0679. The first kappa shape index (κ1) is 15.4. The van der Waals surface area contributed by atoms with Crippen LogP contribution < -0.4 is 4.74 Å². The maximum atomic E-state index is 11.9. The van der Waals surface area contributed by atoms with Gasteiger partial charge in [0.1, 0.15) is 12.4 Å². The van der Waals surface area contributed by atoms with E-state index >= 15 is 0 Å². The van der Waals surface area contributed by atoms with Gasteiger partial charge in [-0.1, -0.05) is 24.9 Å². The van der Waals surface area contributed by atoms with Crippen LogP contribution >= 0.6 is 0 Å². The average molecular weight is 275 g/mol. The summed E-state index contributed by atoms with van der Waals surface area (Å²) in [6.45, 7) is -4.76. The quantitative estimate of drug-likeness (QED) is 0.565. The van der Waals surface area contributed by atoms with E-state index < -0.39 is 19.3 Å². The Morgan fingerprint density at radius 2 is 1.84 bits per heavy atom. The molecule has 0 saturated carbocycles. The minimum atomic E-state index is -4.82. The van der Waals surface area contributed by atoms with Crippen molar-refractivity contribution in [1.82, 2.24) is 0 Å². The monoisotopic (exact) mass is 275 g/mol. The first-order valence-electron chi connectivity index (χ1n) is 5.90. The van der Waals surface area contributed by atoms with Crippen LogP contribution in [0.4, 0.5) is 12.9 Å². The molecule has 106 valence electrons. The maximum absolute atomic E-state index is 11.9. The molecule has 0 aromatic heterocycles. The highest BCUT2D eigenvalue weighted by molar-refractivity contribution is 6.58. The molecule has 1 aromatic carbocycles. The summed E-state index contributed by atoms with van der Waals surface area (Å²) in [5, 5.41) is 0. The van der Waals surface area contributed by atoms with Crippen molar-refractivity contribution >= 4 is 12.9 Å². The SMILES string of the molecule is COc1ccc(COC(=O)CCC[B-](F)(F)F)cc1. The molecule has 0 spiro atoms. The number of halogens is 3. The second-order valence-electron chi connectivity index (χ2n) is 4.11. The van der Waals surface area contributed by atoms with E-state index in [2.05, 4.69) is 0 Å². The molecule has 1 aromatic rings. The summed E-state index contributed by atoms with van der Waals surface area (Å²) >= 11 is 0. The predicted molar refractivity (Wildman–Crippen MR) is 65.9 cm³/mol. The van der Waals surface area contributed by atoms with Gasteiger partial charge in [0, 0.05) is 6.42 Å². The molecule has 3 nitrogen and oxygen atoms in total. The maximum Gasteiger partial charge on any atom is 0.478 e. The van der Waals surface area contributed by atoms with E-state index in [1.807, 2.05) is 0 Å². The fourth-order valence-corrected chi connectivity index (χ4v) is 1.44. The molecule has 7 heteroatoms. The fraction of sp³-hybridized carbons (Fsp3) is 0.417. The Balaban J connectivity index is 2.26. The lowest BCUT2D eigenvalue weighted by atomic mass is 9.84. The normalized spacial score (nSPS) is 11.2. The predicted octanol–water partition coefficient (Wildman–Crippen LogP) is 3.37. The van der Waals surface area contributed by atoms with Crippen LogP contribution in [0.15, 0.2) is 24.3 Å². The van der Waals surface area contributed by atoms with E-state index in [1.165, 1.54) is 7.11 Å². The van der Waals surface area contributed by atoms with Crippen molar-refractivity contribution in [3.05, 3.63) is 29.8 Å². The van der Waals surface area contributed by atoms with Crippen molar-refractivity contribution in [2.24, 2.45) is 0 Å². The molecule has 19 heavy (non-hydrogen) atoms. The summed E-state index contributed by atoms with van der Waals surface area (Å²) in [6.07, 6.45) is -1.33. The van der Waals surface area contributed by atoms with E-state index in [1.54, 1.807) is 24.3 Å². The van der Waals surface area contributed by atoms with E-state index in [-0.39, 0.29) is 19.4 Å². The van der Waals surface area contributed by atoms with Crippen LogP contribution in [0.1, 0.15) is 18.4 Å². The molecule has 0 aliphatic carbocycles. The van der Waals surface area contributed by atoms with Crippen molar-refractivity contribution in [3.8, 4) is 5.75 Å². The van der Waals surface area contributed by atoms with Crippen LogP contribution in [-0.2, 0) is 16.1 Å². The van der Waals surface area contributed by atoms with Crippen LogP contribution in [0.3, 0.4) is 0 Å². The number of esters is 1. The molecule has 0 N–H and O–H groups in total. The van der Waals surface area contributed by atoms with Crippen molar-refractivity contribution in [2.75, 3.05) is 7.11 Å². The summed E-state index contributed by atoms with van der Waals surface area (Å²) in [6, 6.07) is 6.89. The molecule has 0 unspecified atom stereocenters. The van der Waals surface area contributed by atoms with Gasteiger partial charge in [-0.25, -0.2) is 0 Å². The van der Waals surface area contributed by atoms with Crippen molar-refractivity contribution < 1.29 is 27.2 Å². The molecular weight excluding hydrogens is 260 g/mol. The van der Waals surface area contributed by atoms with Crippen LogP contribution in [0.2, 0.25) is 6.32 Å². The number of hydrogen-bond acceptors (Lipinski definition) is 3. The van der Waals surface area contributed by atoms with Gasteiger partial charge in [-0.3, -0.25) is 4.79 Å². The van der Waals surface area contributed by atoms with Crippen molar-refractivity contribution in [2.45, 2.75) is 25.8 Å². The van der Waals surface area contributed by atoms with Crippen LogP contribution in [0.5, 0.6) is 5.75 Å². The van der Waals surface area contributed by atoms with Crippen molar-refractivity contribution in [3.63, 3.8) is 0 Å². The molecule has 0 amide bonds. The number of hydrogen-bond donors (Lipinski definition) is 0. The van der Waals surface area contributed by atoms with Crippen LogP contribution in [0.25, 0.3) is 0 Å². The molecule has 0 radical (unpaired) electrons. The van der Waals surface area contributed by atoms with Gasteiger partial charge in [0.05, 0.1) is 7.11 Å². The summed E-state index contributed by atoms with van der Waals surface area (Å²) in [5.41, 5.74) is 0.759. The molecule has 0 fully saturated rings. The number of benzene rings is 1. The zero-order valence-corrected chi connectivity index (χ0v) is 10.6. The molecule has 0 heterocycles. The first-order valence-corrected chi connectivity index (χ1v) is 5.90. The number of methoxy groups -OCH3 is 1. The third kappa shape index (κ3) is 6.74. The first-order chi connectivity index (χ1) is 8.90. The zero-order valence-electron chi connectivity index (χ0n) is 10.6. The summed E-state index contributed by atoms with van der Waals surface area (Å²) in [4.78, 5) is 11.2. The van der Waals surface area contributed by atoms with Gasteiger partial charge >= 0.3 is 12.9 Å². The Kier molecular flexibility index (Phi) is 5.72. The highest BCUT2D eigenvalue weighted by Crippen LogP contribution is 2.18. The molecule has 0 bridgehead atoms. The molecule has 0 aliphatic heterocycles. The standard InChI is InChI=1S/C12H15BF3O3/c1-18-11-6-4-10(5-7-11)9-19-12(17)3-2-8-13(14,15)16/h4-7H,2-3,8-9H2,1H3/q-1. The fourth-order valence-electron chi connectivity index (χ4n) is 1.44. The molecule has 1 rings (SSSR count). The minimum Gasteiger partial charge on any atom is -0.497 e. The lowest BCUT2D eigenvalue weighted by Gasteiger charge is -2.12. The van der Waals surface area contributed by atoms with E-state index in [4.69, 9.17) is 9.47 Å². The number of rotatable bonds is 7. The highest BCUT2D eigenvalue weighted by Gasteiger charge is 2.22. The van der Waals surface area contributed by atoms with Gasteiger partial charge in [-0.2, -0.15) is 0 Å². The highest BCUT2D eigenvalue weighted by atomic mass is 19.4. The van der Waals surface area contributed by atoms with E-state index in [0.717, 1.165) is 5.56 Å². The third-order valence-corrected chi connectivity index (χ3v) is 2.47. The van der Waals surface area contributed by atoms with Gasteiger partial charge < -0.3 is 22.4 Å². The van der Waals surface area contributed by atoms with E-state index in [9.17, 15) is 17.7 Å². The zero-order chi connectivity index (χ0) is 14.3. The van der Waals surface area contributed by atoms with Crippen molar-refractivity contribution in [1.29, 1.82) is 0 Å². The Labute approximate surface area is 109 Å². The van der Waals surface area contributed by atoms with E-state index in [0.29, 0.717) is 5.75 Å².